The summed E-state index contributed by atoms with van der Waals surface area (Å²) in [6, 6.07) is -1.01. The van der Waals surface area contributed by atoms with E-state index in [0.29, 0.717) is 11.6 Å². The lowest BCUT2D eigenvalue weighted by atomic mass is 10.0. The third-order valence-electron chi connectivity index (χ3n) is 2.69. The summed E-state index contributed by atoms with van der Waals surface area (Å²) in [5.41, 5.74) is 5.96. The average Bonchev–Trinajstić information content (AvgIpc) is 2.78. The third kappa shape index (κ3) is 2.40. The largest absolute Gasteiger partial charge is 0.480 e. The van der Waals surface area contributed by atoms with Crippen molar-refractivity contribution in [1.29, 1.82) is 0 Å². The van der Waals surface area contributed by atoms with E-state index < -0.39 is 12.0 Å². The number of carbonyl (C=O) groups is 1. The zero-order valence-electron chi connectivity index (χ0n) is 8.76. The minimum Gasteiger partial charge on any atom is -0.480 e. The highest BCUT2D eigenvalue weighted by Crippen LogP contribution is 2.30. The zero-order valence-corrected chi connectivity index (χ0v) is 9.57. The number of hydrogen-bond donors (Lipinski definition) is 2. The number of aliphatic carboxylic acids is 1. The van der Waals surface area contributed by atoms with Gasteiger partial charge >= 0.3 is 5.97 Å². The Hall–Kier alpha value is -0.980. The van der Waals surface area contributed by atoms with Crippen LogP contribution in [0.4, 0.5) is 0 Å². The van der Waals surface area contributed by atoms with Crippen molar-refractivity contribution in [3.8, 4) is 0 Å². The molecule has 2 heterocycles. The van der Waals surface area contributed by atoms with Crippen LogP contribution in [0.1, 0.15) is 35.5 Å². The standard InChI is InChI=1S/C10H14N2O3S/c11-8(10(13)14)7-5-16-9(12-7)6-1-3-15-4-2-6/h5-6,8H,1-4,11H2,(H,13,14). The smallest absolute Gasteiger partial charge is 0.326 e. The van der Waals surface area contributed by atoms with Gasteiger partial charge in [-0.25, -0.2) is 4.98 Å². The van der Waals surface area contributed by atoms with E-state index in [1.54, 1.807) is 5.38 Å². The maximum absolute atomic E-state index is 10.7. The predicted octanol–water partition coefficient (Wildman–Crippen LogP) is 1.12. The molecular formula is C10H14N2O3S. The van der Waals surface area contributed by atoms with Crippen molar-refractivity contribution in [2.24, 2.45) is 5.73 Å². The Morgan fingerprint density at radius 2 is 2.31 bits per heavy atom. The molecule has 0 aliphatic carbocycles. The van der Waals surface area contributed by atoms with Gasteiger partial charge in [-0.1, -0.05) is 0 Å². The van der Waals surface area contributed by atoms with Gasteiger partial charge in [-0.3, -0.25) is 4.79 Å². The van der Waals surface area contributed by atoms with Crippen molar-refractivity contribution in [1.82, 2.24) is 4.98 Å². The van der Waals surface area contributed by atoms with Gasteiger partial charge in [-0.05, 0) is 12.8 Å². The maximum atomic E-state index is 10.7. The van der Waals surface area contributed by atoms with Crippen LogP contribution in [0.3, 0.4) is 0 Å². The van der Waals surface area contributed by atoms with Crippen LogP contribution in [0.2, 0.25) is 0 Å². The van der Waals surface area contributed by atoms with Gasteiger partial charge in [0, 0.05) is 24.5 Å². The molecule has 1 aliphatic rings. The lowest BCUT2D eigenvalue weighted by Crippen LogP contribution is -2.21. The van der Waals surface area contributed by atoms with Crippen molar-refractivity contribution in [2.45, 2.75) is 24.8 Å². The molecule has 0 saturated carbocycles. The predicted molar refractivity (Wildman–Crippen MR) is 59.5 cm³/mol. The minimum absolute atomic E-state index is 0.397. The molecule has 6 heteroatoms. The summed E-state index contributed by atoms with van der Waals surface area (Å²) in [4.78, 5) is 15.0. The van der Waals surface area contributed by atoms with Gasteiger partial charge in [-0.2, -0.15) is 0 Å². The molecule has 5 nitrogen and oxygen atoms in total. The first-order valence-corrected chi connectivity index (χ1v) is 6.08. The molecule has 16 heavy (non-hydrogen) atoms. The number of nitrogens with zero attached hydrogens (tertiary/aromatic N) is 1. The van der Waals surface area contributed by atoms with E-state index in [1.165, 1.54) is 11.3 Å². The van der Waals surface area contributed by atoms with Gasteiger partial charge in [-0.15, -0.1) is 11.3 Å². The quantitative estimate of drug-likeness (QED) is 0.829. The lowest BCUT2D eigenvalue weighted by Gasteiger charge is -2.19. The molecule has 0 bridgehead atoms. The second-order valence-corrected chi connectivity index (χ2v) is 4.70. The van der Waals surface area contributed by atoms with Crippen molar-refractivity contribution in [2.75, 3.05) is 13.2 Å². The molecule has 1 aromatic heterocycles. The monoisotopic (exact) mass is 242 g/mol. The zero-order chi connectivity index (χ0) is 11.5. The summed E-state index contributed by atoms with van der Waals surface area (Å²) >= 11 is 1.49. The number of nitrogens with two attached hydrogens (primary N) is 1. The summed E-state index contributed by atoms with van der Waals surface area (Å²) in [6.07, 6.45) is 1.91. The average molecular weight is 242 g/mol. The van der Waals surface area contributed by atoms with Gasteiger partial charge in [0.25, 0.3) is 0 Å². The summed E-state index contributed by atoms with van der Waals surface area (Å²) in [5, 5.41) is 11.5. The first kappa shape index (κ1) is 11.5. The molecule has 0 spiro atoms. The Balaban J connectivity index is 2.09. The van der Waals surface area contributed by atoms with Crippen LogP contribution in [0.25, 0.3) is 0 Å². The fourth-order valence-electron chi connectivity index (χ4n) is 1.70. The summed E-state index contributed by atoms with van der Waals surface area (Å²) in [7, 11) is 0. The molecule has 1 fully saturated rings. The topological polar surface area (TPSA) is 85.4 Å². The summed E-state index contributed by atoms with van der Waals surface area (Å²) in [6.45, 7) is 1.51. The first-order valence-electron chi connectivity index (χ1n) is 5.20. The van der Waals surface area contributed by atoms with E-state index in [0.717, 1.165) is 31.1 Å². The molecule has 0 radical (unpaired) electrons. The number of hydrogen-bond acceptors (Lipinski definition) is 5. The number of carboxylic acids is 1. The molecule has 0 aromatic carbocycles. The molecule has 1 unspecified atom stereocenters. The van der Waals surface area contributed by atoms with Crippen molar-refractivity contribution >= 4 is 17.3 Å². The fraction of sp³-hybridized carbons (Fsp3) is 0.600. The molecule has 2 rings (SSSR count). The number of carboxylic acid groups (broad SMARTS) is 1. The van der Waals surface area contributed by atoms with Crippen molar-refractivity contribution < 1.29 is 14.6 Å². The number of aromatic nitrogens is 1. The highest BCUT2D eigenvalue weighted by molar-refractivity contribution is 7.09. The van der Waals surface area contributed by atoms with E-state index >= 15 is 0 Å². The van der Waals surface area contributed by atoms with Crippen LogP contribution in [0.5, 0.6) is 0 Å². The van der Waals surface area contributed by atoms with Crippen molar-refractivity contribution in [3.63, 3.8) is 0 Å². The molecule has 88 valence electrons. The molecule has 1 aliphatic heterocycles. The van der Waals surface area contributed by atoms with E-state index in [2.05, 4.69) is 4.98 Å². The van der Waals surface area contributed by atoms with Gasteiger partial charge < -0.3 is 15.6 Å². The van der Waals surface area contributed by atoms with Crippen LogP contribution in [0, 0.1) is 0 Å². The van der Waals surface area contributed by atoms with Crippen molar-refractivity contribution in [3.05, 3.63) is 16.1 Å². The van der Waals surface area contributed by atoms with Gasteiger partial charge in [0.15, 0.2) is 0 Å². The number of rotatable bonds is 3. The molecule has 1 aromatic rings. The van der Waals surface area contributed by atoms with Crippen LogP contribution >= 0.6 is 11.3 Å². The van der Waals surface area contributed by atoms with Crippen LogP contribution in [-0.4, -0.2) is 29.3 Å². The van der Waals surface area contributed by atoms with E-state index in [4.69, 9.17) is 15.6 Å². The molecule has 0 amide bonds. The van der Waals surface area contributed by atoms with E-state index in [9.17, 15) is 4.79 Å². The second-order valence-electron chi connectivity index (χ2n) is 3.81. The number of ether oxygens (including phenoxy) is 1. The van der Waals surface area contributed by atoms with Crippen LogP contribution < -0.4 is 5.73 Å². The van der Waals surface area contributed by atoms with E-state index in [-0.39, 0.29) is 0 Å². The SMILES string of the molecule is NC(C(=O)O)c1csc(C2CCOCC2)n1. The van der Waals surface area contributed by atoms with Gasteiger partial charge in [0.05, 0.1) is 10.7 Å². The Morgan fingerprint density at radius 1 is 1.62 bits per heavy atom. The molecule has 1 saturated heterocycles. The Bertz CT molecular complexity index is 374. The highest BCUT2D eigenvalue weighted by atomic mass is 32.1. The molecular weight excluding hydrogens is 228 g/mol. The van der Waals surface area contributed by atoms with E-state index in [1.807, 2.05) is 0 Å². The van der Waals surface area contributed by atoms with Gasteiger partial charge in [0.2, 0.25) is 0 Å². The normalized spacial score (nSPS) is 19.6. The Kier molecular flexibility index (Phi) is 3.52. The van der Waals surface area contributed by atoms with Gasteiger partial charge in [0.1, 0.15) is 6.04 Å². The highest BCUT2D eigenvalue weighted by Gasteiger charge is 2.22. The first-order chi connectivity index (χ1) is 7.68. The molecule has 1 atom stereocenters. The summed E-state index contributed by atoms with van der Waals surface area (Å²) < 4.78 is 5.27. The Morgan fingerprint density at radius 3 is 2.94 bits per heavy atom. The van der Waals surface area contributed by atoms with Crippen LogP contribution in [0.15, 0.2) is 5.38 Å². The summed E-state index contributed by atoms with van der Waals surface area (Å²) in [5.74, 6) is -0.641. The number of thiazole rings is 1. The minimum atomic E-state index is -1.04. The fourth-order valence-corrected chi connectivity index (χ4v) is 2.73. The Labute approximate surface area is 97.2 Å². The van der Waals surface area contributed by atoms with Crippen LogP contribution in [-0.2, 0) is 9.53 Å². The second kappa shape index (κ2) is 4.90. The molecule has 3 N–H and O–H groups in total. The third-order valence-corrected chi connectivity index (χ3v) is 3.72. The lowest BCUT2D eigenvalue weighted by molar-refractivity contribution is -0.138. The maximum Gasteiger partial charge on any atom is 0.326 e.